The lowest BCUT2D eigenvalue weighted by atomic mass is 10.3. The molecule has 0 aliphatic carbocycles. The maximum absolute atomic E-state index is 8.51. The monoisotopic (exact) mass is 188 g/mol. The van der Waals surface area contributed by atoms with Gasteiger partial charge in [0.2, 0.25) is 0 Å². The van der Waals surface area contributed by atoms with E-state index in [1.54, 1.807) is 0 Å². The molecule has 0 aromatic rings. The fraction of sp³-hybridized carbons (Fsp3) is 0.889. The summed E-state index contributed by atoms with van der Waals surface area (Å²) in [5.41, 5.74) is 0. The van der Waals surface area contributed by atoms with Crippen LogP contribution in [0.4, 0.5) is 0 Å². The molecule has 0 aromatic carbocycles. The van der Waals surface area contributed by atoms with E-state index in [9.17, 15) is 0 Å². The molecule has 12 heavy (non-hydrogen) atoms. The number of halogens is 1. The molecule has 0 aliphatic heterocycles. The van der Waals surface area contributed by atoms with Crippen molar-refractivity contribution in [3.8, 4) is 6.07 Å². The number of nitrogens with zero attached hydrogens (tertiary/aromatic N) is 2. The average Bonchev–Trinajstić information content (AvgIpc) is 2.05. The molecule has 0 aliphatic rings. The highest BCUT2D eigenvalue weighted by Gasteiger charge is 2.08. The van der Waals surface area contributed by atoms with Crippen LogP contribution in [0.1, 0.15) is 26.7 Å². The minimum Gasteiger partial charge on any atom is -0.301 e. The van der Waals surface area contributed by atoms with E-state index in [1.807, 2.05) is 6.07 Å². The van der Waals surface area contributed by atoms with E-state index >= 15 is 0 Å². The van der Waals surface area contributed by atoms with Crippen LogP contribution in [0.5, 0.6) is 0 Å². The molecule has 0 rings (SSSR count). The Hall–Kier alpha value is -0.260. The zero-order valence-electron chi connectivity index (χ0n) is 7.89. The van der Waals surface area contributed by atoms with Gasteiger partial charge in [-0.2, -0.15) is 5.26 Å². The van der Waals surface area contributed by atoms with Gasteiger partial charge in [-0.05, 0) is 25.9 Å². The SMILES string of the molecule is CCCN(CCC)CC(Cl)C#N. The lowest BCUT2D eigenvalue weighted by molar-refractivity contribution is 0.282. The largest absolute Gasteiger partial charge is 0.301 e. The fourth-order valence-electron chi connectivity index (χ4n) is 1.19. The quantitative estimate of drug-likeness (QED) is 0.598. The summed E-state index contributed by atoms with van der Waals surface area (Å²) in [5.74, 6) is 0. The van der Waals surface area contributed by atoms with E-state index in [0.29, 0.717) is 6.54 Å². The van der Waals surface area contributed by atoms with Crippen molar-refractivity contribution in [1.29, 1.82) is 5.26 Å². The highest BCUT2D eigenvalue weighted by Crippen LogP contribution is 2.00. The average molecular weight is 189 g/mol. The topological polar surface area (TPSA) is 27.0 Å². The van der Waals surface area contributed by atoms with E-state index < -0.39 is 0 Å². The number of rotatable bonds is 6. The first-order valence-corrected chi connectivity index (χ1v) is 4.94. The van der Waals surface area contributed by atoms with Gasteiger partial charge in [-0.3, -0.25) is 0 Å². The fourth-order valence-corrected chi connectivity index (χ4v) is 1.39. The van der Waals surface area contributed by atoms with Gasteiger partial charge in [-0.1, -0.05) is 13.8 Å². The minimum atomic E-state index is -0.358. The molecule has 0 amide bonds. The van der Waals surface area contributed by atoms with Crippen LogP contribution in [0.15, 0.2) is 0 Å². The molecule has 0 N–H and O–H groups in total. The van der Waals surface area contributed by atoms with Gasteiger partial charge in [-0.25, -0.2) is 0 Å². The van der Waals surface area contributed by atoms with Crippen LogP contribution in [0.3, 0.4) is 0 Å². The van der Waals surface area contributed by atoms with Gasteiger partial charge in [0.25, 0.3) is 0 Å². The Morgan fingerprint density at radius 3 is 2.17 bits per heavy atom. The maximum atomic E-state index is 8.51. The summed E-state index contributed by atoms with van der Waals surface area (Å²) >= 11 is 5.73. The Kier molecular flexibility index (Phi) is 7.23. The predicted molar refractivity (Wildman–Crippen MR) is 52.3 cm³/mol. The minimum absolute atomic E-state index is 0.358. The highest BCUT2D eigenvalue weighted by atomic mass is 35.5. The van der Waals surface area contributed by atoms with Gasteiger partial charge < -0.3 is 4.90 Å². The zero-order chi connectivity index (χ0) is 9.40. The zero-order valence-corrected chi connectivity index (χ0v) is 8.64. The van der Waals surface area contributed by atoms with E-state index in [1.165, 1.54) is 0 Å². The lowest BCUT2D eigenvalue weighted by Gasteiger charge is -2.20. The number of hydrogen-bond acceptors (Lipinski definition) is 2. The number of nitriles is 1. The van der Waals surface area contributed by atoms with Crippen molar-refractivity contribution in [2.75, 3.05) is 19.6 Å². The summed E-state index contributed by atoms with van der Waals surface area (Å²) < 4.78 is 0. The second kappa shape index (κ2) is 7.39. The third-order valence-electron chi connectivity index (χ3n) is 1.64. The summed E-state index contributed by atoms with van der Waals surface area (Å²) in [7, 11) is 0. The second-order valence-corrected chi connectivity index (χ2v) is 3.42. The van der Waals surface area contributed by atoms with Crippen molar-refractivity contribution >= 4 is 11.6 Å². The second-order valence-electron chi connectivity index (χ2n) is 2.90. The van der Waals surface area contributed by atoms with Crippen LogP contribution in [0, 0.1) is 11.3 Å². The molecule has 0 fully saturated rings. The maximum Gasteiger partial charge on any atom is 0.133 e. The molecule has 0 radical (unpaired) electrons. The van der Waals surface area contributed by atoms with Crippen molar-refractivity contribution in [3.05, 3.63) is 0 Å². The molecular formula is C9H17ClN2. The van der Waals surface area contributed by atoms with Crippen LogP contribution in [-0.2, 0) is 0 Å². The first kappa shape index (κ1) is 11.7. The molecule has 3 heteroatoms. The van der Waals surface area contributed by atoms with Gasteiger partial charge >= 0.3 is 0 Å². The Balaban J connectivity index is 3.70. The van der Waals surface area contributed by atoms with Gasteiger partial charge in [0.05, 0.1) is 6.07 Å². The Bertz CT molecular complexity index is 136. The van der Waals surface area contributed by atoms with E-state index in [0.717, 1.165) is 25.9 Å². The van der Waals surface area contributed by atoms with Gasteiger partial charge in [0, 0.05) is 6.54 Å². The molecule has 1 atom stereocenters. The van der Waals surface area contributed by atoms with Crippen LogP contribution in [0.25, 0.3) is 0 Å². The van der Waals surface area contributed by atoms with Crippen LogP contribution >= 0.6 is 11.6 Å². The van der Waals surface area contributed by atoms with Crippen molar-refractivity contribution in [1.82, 2.24) is 4.90 Å². The van der Waals surface area contributed by atoms with Gasteiger partial charge in [-0.15, -0.1) is 11.6 Å². The smallest absolute Gasteiger partial charge is 0.133 e. The Labute approximate surface area is 80.1 Å². The van der Waals surface area contributed by atoms with Crippen molar-refractivity contribution in [2.24, 2.45) is 0 Å². The van der Waals surface area contributed by atoms with Crippen LogP contribution in [-0.4, -0.2) is 29.9 Å². The lowest BCUT2D eigenvalue weighted by Crippen LogP contribution is -2.31. The molecule has 0 spiro atoms. The molecule has 0 aromatic heterocycles. The number of hydrogen-bond donors (Lipinski definition) is 0. The summed E-state index contributed by atoms with van der Waals surface area (Å²) in [6.07, 6.45) is 2.24. The standard InChI is InChI=1S/C9H17ClN2/c1-3-5-12(6-4-2)8-9(10)7-11/h9H,3-6,8H2,1-2H3. The van der Waals surface area contributed by atoms with Gasteiger partial charge in [0.15, 0.2) is 0 Å². The highest BCUT2D eigenvalue weighted by molar-refractivity contribution is 6.22. The summed E-state index contributed by atoms with van der Waals surface area (Å²) in [6, 6.07) is 2.04. The van der Waals surface area contributed by atoms with Crippen LogP contribution < -0.4 is 0 Å². The number of alkyl halides is 1. The molecule has 0 saturated heterocycles. The third-order valence-corrected chi connectivity index (χ3v) is 1.87. The molecule has 70 valence electrons. The Morgan fingerprint density at radius 2 is 1.83 bits per heavy atom. The summed E-state index contributed by atoms with van der Waals surface area (Å²) in [4.78, 5) is 2.24. The van der Waals surface area contributed by atoms with E-state index in [4.69, 9.17) is 16.9 Å². The van der Waals surface area contributed by atoms with Crippen LogP contribution in [0.2, 0.25) is 0 Å². The van der Waals surface area contributed by atoms with Crippen molar-refractivity contribution < 1.29 is 0 Å². The third kappa shape index (κ3) is 5.40. The molecule has 0 heterocycles. The molecule has 2 nitrogen and oxygen atoms in total. The van der Waals surface area contributed by atoms with Gasteiger partial charge in [0.1, 0.15) is 5.38 Å². The first-order chi connectivity index (χ1) is 5.74. The molecule has 0 bridgehead atoms. The molecule has 1 unspecified atom stereocenters. The molecule has 0 saturated carbocycles. The van der Waals surface area contributed by atoms with Crippen molar-refractivity contribution in [2.45, 2.75) is 32.1 Å². The normalized spacial score (nSPS) is 12.9. The summed E-state index contributed by atoms with van der Waals surface area (Å²) in [6.45, 7) is 7.05. The van der Waals surface area contributed by atoms with E-state index in [2.05, 4.69) is 18.7 Å². The Morgan fingerprint density at radius 1 is 1.33 bits per heavy atom. The predicted octanol–water partition coefficient (Wildman–Crippen LogP) is 2.24. The summed E-state index contributed by atoms with van der Waals surface area (Å²) in [5, 5.41) is 8.15. The van der Waals surface area contributed by atoms with Crippen molar-refractivity contribution in [3.63, 3.8) is 0 Å². The first-order valence-electron chi connectivity index (χ1n) is 4.50. The van der Waals surface area contributed by atoms with E-state index in [-0.39, 0.29) is 5.38 Å². The molecular weight excluding hydrogens is 172 g/mol.